The Labute approximate surface area is 80.7 Å². The van der Waals surface area contributed by atoms with E-state index in [1.807, 2.05) is 30.3 Å². The van der Waals surface area contributed by atoms with E-state index in [9.17, 15) is 8.78 Å². The Morgan fingerprint density at radius 2 is 1.85 bits per heavy atom. The Bertz CT molecular complexity index is 246. The van der Waals surface area contributed by atoms with E-state index in [0.717, 1.165) is 5.56 Å². The van der Waals surface area contributed by atoms with Crippen molar-refractivity contribution >= 4 is 11.6 Å². The van der Waals surface area contributed by atoms with Crippen LogP contribution in [0.3, 0.4) is 0 Å². The summed E-state index contributed by atoms with van der Waals surface area (Å²) in [7, 11) is 0. The van der Waals surface area contributed by atoms with Gasteiger partial charge >= 0.3 is 5.38 Å². The molecule has 0 radical (unpaired) electrons. The fraction of sp³-hybridized carbons (Fsp3) is 0.333. The maximum atomic E-state index is 12.1. The monoisotopic (exact) mass is 205 g/mol. The molecule has 13 heavy (non-hydrogen) atoms. The van der Waals surface area contributed by atoms with Gasteiger partial charge in [0.1, 0.15) is 0 Å². The lowest BCUT2D eigenvalue weighted by atomic mass is 10.2. The summed E-state index contributed by atoms with van der Waals surface area (Å²) in [6, 6.07) is 9.31. The van der Waals surface area contributed by atoms with Gasteiger partial charge in [0.05, 0.1) is 6.54 Å². The third kappa shape index (κ3) is 4.80. The molecule has 72 valence electrons. The van der Waals surface area contributed by atoms with Gasteiger partial charge in [-0.15, -0.1) is 0 Å². The van der Waals surface area contributed by atoms with Gasteiger partial charge in [0.2, 0.25) is 0 Å². The van der Waals surface area contributed by atoms with E-state index in [-0.39, 0.29) is 0 Å². The average molecular weight is 206 g/mol. The highest BCUT2D eigenvalue weighted by Crippen LogP contribution is 2.16. The van der Waals surface area contributed by atoms with E-state index >= 15 is 0 Å². The van der Waals surface area contributed by atoms with Crippen molar-refractivity contribution in [1.29, 1.82) is 0 Å². The van der Waals surface area contributed by atoms with Gasteiger partial charge in [0, 0.05) is 6.54 Å². The highest BCUT2D eigenvalue weighted by molar-refractivity contribution is 6.21. The summed E-state index contributed by atoms with van der Waals surface area (Å²) in [5, 5.41) is -0.598. The smallest absolute Gasteiger partial charge is 0.306 e. The number of halogens is 3. The predicted octanol–water partition coefficient (Wildman–Crippen LogP) is 2.61. The Hall–Kier alpha value is -0.670. The Balaban J connectivity index is 2.29. The topological polar surface area (TPSA) is 12.0 Å². The molecule has 0 fully saturated rings. The maximum absolute atomic E-state index is 12.1. The molecule has 1 rings (SSSR count). The van der Waals surface area contributed by atoms with Gasteiger partial charge in [-0.2, -0.15) is 8.78 Å². The second kappa shape index (κ2) is 4.53. The third-order valence-electron chi connectivity index (χ3n) is 1.50. The maximum Gasteiger partial charge on any atom is 0.333 e. The van der Waals surface area contributed by atoms with Crippen LogP contribution in [0.1, 0.15) is 5.56 Å². The van der Waals surface area contributed by atoms with Gasteiger partial charge in [-0.3, -0.25) is 0 Å². The number of hydrogen-bond donors (Lipinski definition) is 1. The lowest BCUT2D eigenvalue weighted by Gasteiger charge is -2.08. The molecule has 0 aliphatic carbocycles. The van der Waals surface area contributed by atoms with Crippen LogP contribution in [0.25, 0.3) is 0 Å². The van der Waals surface area contributed by atoms with Crippen LogP contribution in [0.2, 0.25) is 0 Å². The molecule has 0 bridgehead atoms. The zero-order valence-electron chi connectivity index (χ0n) is 6.93. The first-order valence-corrected chi connectivity index (χ1v) is 4.27. The largest absolute Gasteiger partial charge is 0.333 e. The molecule has 0 heterocycles. The van der Waals surface area contributed by atoms with Gasteiger partial charge in [0.15, 0.2) is 0 Å². The molecule has 0 saturated heterocycles. The van der Waals surface area contributed by atoms with Crippen LogP contribution in [-0.2, 0) is 6.54 Å². The summed E-state index contributed by atoms with van der Waals surface area (Å²) in [4.78, 5) is 0. The van der Waals surface area contributed by atoms with E-state index < -0.39 is 11.9 Å². The molecule has 0 atom stereocenters. The second-order valence-corrected chi connectivity index (χ2v) is 3.26. The van der Waals surface area contributed by atoms with E-state index in [1.54, 1.807) is 0 Å². The summed E-state index contributed by atoms with van der Waals surface area (Å²) in [5.41, 5.74) is 0.961. The number of rotatable bonds is 4. The van der Waals surface area contributed by atoms with E-state index in [4.69, 9.17) is 11.6 Å². The van der Waals surface area contributed by atoms with Crippen LogP contribution in [0.4, 0.5) is 8.78 Å². The molecule has 0 amide bonds. The normalized spacial score (nSPS) is 11.6. The molecule has 0 unspecified atom stereocenters. The first kappa shape index (κ1) is 10.4. The van der Waals surface area contributed by atoms with Crippen LogP contribution in [0, 0.1) is 0 Å². The van der Waals surface area contributed by atoms with Crippen LogP contribution < -0.4 is 5.32 Å². The van der Waals surface area contributed by atoms with Gasteiger partial charge in [-0.05, 0) is 17.2 Å². The van der Waals surface area contributed by atoms with E-state index in [2.05, 4.69) is 5.32 Å². The van der Waals surface area contributed by atoms with Crippen molar-refractivity contribution in [3.05, 3.63) is 35.9 Å². The molecular weight excluding hydrogens is 196 g/mol. The summed E-state index contributed by atoms with van der Waals surface area (Å²) >= 11 is 4.70. The molecular formula is C9H10ClF2N. The first-order valence-electron chi connectivity index (χ1n) is 3.89. The number of nitrogens with one attached hydrogen (secondary N) is 1. The minimum absolute atomic E-state index is 0.406. The van der Waals surface area contributed by atoms with Crippen LogP contribution in [0.5, 0.6) is 0 Å². The number of benzene rings is 1. The zero-order chi connectivity index (χ0) is 9.73. The molecule has 1 aromatic rings. The van der Waals surface area contributed by atoms with Crippen LogP contribution >= 0.6 is 11.6 Å². The van der Waals surface area contributed by atoms with E-state index in [0.29, 0.717) is 6.54 Å². The molecule has 1 N–H and O–H groups in total. The van der Waals surface area contributed by atoms with Gasteiger partial charge in [-0.25, -0.2) is 0 Å². The molecule has 0 aliphatic heterocycles. The number of alkyl halides is 3. The summed E-state index contributed by atoms with van der Waals surface area (Å²) in [6.45, 7) is -0.105. The lowest BCUT2D eigenvalue weighted by molar-refractivity contribution is 0.0949. The fourth-order valence-corrected chi connectivity index (χ4v) is 1.04. The summed E-state index contributed by atoms with van der Waals surface area (Å²) in [6.07, 6.45) is 0. The summed E-state index contributed by atoms with van der Waals surface area (Å²) in [5.74, 6) is 0. The molecule has 0 spiro atoms. The molecule has 0 aliphatic rings. The molecule has 1 aromatic carbocycles. The standard InChI is InChI=1S/C9H10ClF2N/c10-9(11,12)7-13-6-8-4-2-1-3-5-8/h1-5,13H,6-7H2. The Kier molecular flexibility index (Phi) is 3.63. The molecule has 0 aromatic heterocycles. The lowest BCUT2D eigenvalue weighted by Crippen LogP contribution is -2.27. The van der Waals surface area contributed by atoms with Gasteiger partial charge < -0.3 is 5.32 Å². The second-order valence-electron chi connectivity index (χ2n) is 2.70. The van der Waals surface area contributed by atoms with Crippen molar-refractivity contribution in [3.8, 4) is 0 Å². The quantitative estimate of drug-likeness (QED) is 0.746. The average Bonchev–Trinajstić information content (AvgIpc) is 2.04. The molecule has 0 saturated carbocycles. The van der Waals surface area contributed by atoms with E-state index in [1.165, 1.54) is 0 Å². The Morgan fingerprint density at radius 1 is 1.23 bits per heavy atom. The van der Waals surface area contributed by atoms with Crippen molar-refractivity contribution in [2.45, 2.75) is 11.9 Å². The minimum atomic E-state index is -3.16. The van der Waals surface area contributed by atoms with Crippen molar-refractivity contribution in [1.82, 2.24) is 5.32 Å². The number of hydrogen-bond acceptors (Lipinski definition) is 1. The predicted molar refractivity (Wildman–Crippen MR) is 48.9 cm³/mol. The highest BCUT2D eigenvalue weighted by atomic mass is 35.5. The van der Waals surface area contributed by atoms with Crippen molar-refractivity contribution in [2.75, 3.05) is 6.54 Å². The fourth-order valence-electron chi connectivity index (χ4n) is 0.944. The van der Waals surface area contributed by atoms with Crippen molar-refractivity contribution in [3.63, 3.8) is 0 Å². The SMILES string of the molecule is FC(F)(Cl)CNCc1ccccc1. The molecule has 4 heteroatoms. The zero-order valence-corrected chi connectivity index (χ0v) is 7.69. The van der Waals surface area contributed by atoms with Crippen LogP contribution in [-0.4, -0.2) is 11.9 Å². The third-order valence-corrected chi connectivity index (χ3v) is 1.63. The van der Waals surface area contributed by atoms with Gasteiger partial charge in [0.25, 0.3) is 0 Å². The van der Waals surface area contributed by atoms with Gasteiger partial charge in [-0.1, -0.05) is 30.3 Å². The van der Waals surface area contributed by atoms with Crippen LogP contribution in [0.15, 0.2) is 30.3 Å². The molecule has 1 nitrogen and oxygen atoms in total. The first-order chi connectivity index (χ1) is 6.08. The van der Waals surface area contributed by atoms with Crippen molar-refractivity contribution < 1.29 is 8.78 Å². The minimum Gasteiger partial charge on any atom is -0.306 e. The Morgan fingerprint density at radius 3 is 2.38 bits per heavy atom. The summed E-state index contributed by atoms with van der Waals surface area (Å²) < 4.78 is 24.3. The van der Waals surface area contributed by atoms with Crippen molar-refractivity contribution in [2.24, 2.45) is 0 Å². The highest BCUT2D eigenvalue weighted by Gasteiger charge is 2.23.